The summed E-state index contributed by atoms with van der Waals surface area (Å²) in [4.78, 5) is 12.4. The number of amides is 1. The van der Waals surface area contributed by atoms with Crippen molar-refractivity contribution in [2.24, 2.45) is 0 Å². The van der Waals surface area contributed by atoms with Crippen molar-refractivity contribution in [3.05, 3.63) is 52.5 Å². The van der Waals surface area contributed by atoms with Crippen LogP contribution >= 0.6 is 23.2 Å². The maximum atomic E-state index is 12.4. The van der Waals surface area contributed by atoms with Crippen LogP contribution in [0.15, 0.2) is 47.4 Å². The minimum absolute atomic E-state index is 0.0773. The highest BCUT2D eigenvalue weighted by Crippen LogP contribution is 2.32. The van der Waals surface area contributed by atoms with Gasteiger partial charge in [-0.25, -0.2) is 13.1 Å². The number of carbonyl (C=O) groups is 1. The number of rotatable bonds is 9. The molecule has 2 aromatic rings. The zero-order valence-corrected chi connectivity index (χ0v) is 18.4. The maximum Gasteiger partial charge on any atom is 0.265 e. The molecule has 0 aliphatic carbocycles. The van der Waals surface area contributed by atoms with E-state index in [-0.39, 0.29) is 22.6 Å². The highest BCUT2D eigenvalue weighted by atomic mass is 35.5. The predicted molar refractivity (Wildman–Crippen MR) is 113 cm³/mol. The van der Waals surface area contributed by atoms with Crippen molar-refractivity contribution in [3.63, 3.8) is 0 Å². The first-order chi connectivity index (χ1) is 13.6. The Morgan fingerprint density at radius 2 is 1.76 bits per heavy atom. The van der Waals surface area contributed by atoms with Crippen LogP contribution in [0.25, 0.3) is 0 Å². The molecule has 0 radical (unpaired) electrons. The van der Waals surface area contributed by atoms with Crippen LogP contribution < -0.4 is 14.8 Å². The van der Waals surface area contributed by atoms with E-state index in [0.717, 1.165) is 0 Å². The number of anilines is 1. The van der Waals surface area contributed by atoms with Crippen LogP contribution in [0, 0.1) is 0 Å². The number of sulfonamides is 1. The fourth-order valence-corrected chi connectivity index (χ4v) is 3.96. The molecule has 0 aromatic heterocycles. The van der Waals surface area contributed by atoms with Crippen LogP contribution in [0.3, 0.4) is 0 Å². The predicted octanol–water partition coefficient (Wildman–Crippen LogP) is 3.71. The molecule has 0 saturated carbocycles. The summed E-state index contributed by atoms with van der Waals surface area (Å²) >= 11 is 12.0. The Bertz CT molecular complexity index is 952. The average Bonchev–Trinajstić information content (AvgIpc) is 2.65. The summed E-state index contributed by atoms with van der Waals surface area (Å²) in [6, 6.07) is 10.3. The number of carbonyl (C=O) groups excluding carboxylic acids is 1. The van der Waals surface area contributed by atoms with E-state index in [1.807, 2.05) is 0 Å². The molecule has 0 heterocycles. The molecule has 2 unspecified atom stereocenters. The first-order valence-electron chi connectivity index (χ1n) is 8.67. The summed E-state index contributed by atoms with van der Waals surface area (Å²) in [5.41, 5.74) is 0.423. The molecule has 10 heteroatoms. The van der Waals surface area contributed by atoms with E-state index in [2.05, 4.69) is 10.0 Å². The Balaban J connectivity index is 2.01. The highest BCUT2D eigenvalue weighted by molar-refractivity contribution is 7.89. The van der Waals surface area contributed by atoms with Crippen molar-refractivity contribution in [1.29, 1.82) is 0 Å². The minimum atomic E-state index is -3.69. The largest absolute Gasteiger partial charge is 0.479 e. The summed E-state index contributed by atoms with van der Waals surface area (Å²) < 4.78 is 37.6. The number of ether oxygens (including phenoxy) is 2. The summed E-state index contributed by atoms with van der Waals surface area (Å²) in [5, 5.41) is 3.20. The Morgan fingerprint density at radius 1 is 1.10 bits per heavy atom. The van der Waals surface area contributed by atoms with Gasteiger partial charge in [0.15, 0.2) is 6.10 Å². The molecule has 2 aromatic carbocycles. The third kappa shape index (κ3) is 6.58. The molecule has 7 nitrogen and oxygen atoms in total. The van der Waals surface area contributed by atoms with Crippen molar-refractivity contribution >= 4 is 44.8 Å². The Labute approximate surface area is 180 Å². The average molecular weight is 461 g/mol. The summed E-state index contributed by atoms with van der Waals surface area (Å²) in [7, 11) is -2.19. The lowest BCUT2D eigenvalue weighted by atomic mass is 10.3. The smallest absolute Gasteiger partial charge is 0.265 e. The Kier molecular flexibility index (Phi) is 8.30. The fraction of sp³-hybridized carbons (Fsp3) is 0.316. The molecule has 2 rings (SSSR count). The molecule has 0 spiro atoms. The van der Waals surface area contributed by atoms with Gasteiger partial charge in [0.1, 0.15) is 10.8 Å². The van der Waals surface area contributed by atoms with E-state index >= 15 is 0 Å². The second kappa shape index (κ2) is 10.3. The van der Waals surface area contributed by atoms with Crippen molar-refractivity contribution in [3.8, 4) is 5.75 Å². The molecule has 1 amide bonds. The number of nitrogens with one attached hydrogen (secondary N) is 2. The van der Waals surface area contributed by atoms with Gasteiger partial charge in [0.25, 0.3) is 5.91 Å². The first kappa shape index (κ1) is 23.4. The maximum absolute atomic E-state index is 12.4. The summed E-state index contributed by atoms with van der Waals surface area (Å²) in [6.45, 7) is 3.51. The molecule has 0 aliphatic heterocycles. The Hall–Kier alpha value is -1.84. The van der Waals surface area contributed by atoms with Crippen LogP contribution in [0.1, 0.15) is 13.8 Å². The lowest BCUT2D eigenvalue weighted by molar-refractivity contribution is -0.122. The van der Waals surface area contributed by atoms with Crippen LogP contribution in [0.5, 0.6) is 5.75 Å². The lowest BCUT2D eigenvalue weighted by Crippen LogP contribution is -2.35. The molecule has 0 fully saturated rings. The molecule has 0 aliphatic rings. The van der Waals surface area contributed by atoms with Crippen molar-refractivity contribution in [2.75, 3.05) is 19.0 Å². The van der Waals surface area contributed by atoms with Gasteiger partial charge in [0.05, 0.1) is 16.5 Å². The molecule has 0 bridgehead atoms. The van der Waals surface area contributed by atoms with Gasteiger partial charge in [-0.05, 0) is 50.2 Å². The minimum Gasteiger partial charge on any atom is -0.479 e. The van der Waals surface area contributed by atoms with E-state index in [9.17, 15) is 13.2 Å². The van der Waals surface area contributed by atoms with E-state index in [1.54, 1.807) is 32.0 Å². The van der Waals surface area contributed by atoms with Crippen molar-refractivity contribution in [1.82, 2.24) is 4.72 Å². The van der Waals surface area contributed by atoms with Crippen LogP contribution in [0.4, 0.5) is 5.69 Å². The van der Waals surface area contributed by atoms with Gasteiger partial charge in [-0.15, -0.1) is 0 Å². The number of methoxy groups -OCH3 is 1. The van der Waals surface area contributed by atoms with Crippen LogP contribution in [0.2, 0.25) is 10.0 Å². The molecule has 2 N–H and O–H groups in total. The molecule has 29 heavy (non-hydrogen) atoms. The summed E-state index contributed by atoms with van der Waals surface area (Å²) in [5.74, 6) is -0.136. The van der Waals surface area contributed by atoms with Gasteiger partial charge in [-0.3, -0.25) is 4.79 Å². The quantitative estimate of drug-likeness (QED) is 0.594. The monoisotopic (exact) mass is 460 g/mol. The number of hydrogen-bond donors (Lipinski definition) is 2. The molecule has 2 atom stereocenters. The Morgan fingerprint density at radius 3 is 2.38 bits per heavy atom. The number of hydrogen-bond acceptors (Lipinski definition) is 5. The zero-order chi connectivity index (χ0) is 21.6. The highest BCUT2D eigenvalue weighted by Gasteiger charge is 2.19. The second-order valence-corrected chi connectivity index (χ2v) is 8.80. The van der Waals surface area contributed by atoms with Crippen molar-refractivity contribution < 1.29 is 22.7 Å². The SMILES string of the molecule is COCC(C)NS(=O)(=O)c1ccc(NC(=O)C(C)Oc2cccc(Cl)c2Cl)cc1. The third-order valence-corrected chi connectivity index (χ3v) is 6.20. The fourth-order valence-electron chi connectivity index (χ4n) is 2.40. The van der Waals surface area contributed by atoms with Gasteiger partial charge in [0, 0.05) is 18.8 Å². The van der Waals surface area contributed by atoms with Gasteiger partial charge < -0.3 is 14.8 Å². The molecular formula is C19H22Cl2N2O5S. The second-order valence-electron chi connectivity index (χ2n) is 6.30. The van der Waals surface area contributed by atoms with Gasteiger partial charge in [0.2, 0.25) is 10.0 Å². The van der Waals surface area contributed by atoms with E-state index in [1.165, 1.54) is 31.4 Å². The molecular weight excluding hydrogens is 439 g/mol. The van der Waals surface area contributed by atoms with E-state index in [4.69, 9.17) is 32.7 Å². The van der Waals surface area contributed by atoms with Crippen molar-refractivity contribution in [2.45, 2.75) is 30.9 Å². The van der Waals surface area contributed by atoms with Crippen LogP contribution in [-0.4, -0.2) is 40.2 Å². The first-order valence-corrected chi connectivity index (χ1v) is 10.9. The normalized spacial score (nSPS) is 13.6. The van der Waals surface area contributed by atoms with E-state index < -0.39 is 22.0 Å². The number of halogens is 2. The van der Waals surface area contributed by atoms with Gasteiger partial charge >= 0.3 is 0 Å². The lowest BCUT2D eigenvalue weighted by Gasteiger charge is -2.16. The van der Waals surface area contributed by atoms with Gasteiger partial charge in [-0.2, -0.15) is 0 Å². The van der Waals surface area contributed by atoms with Gasteiger partial charge in [-0.1, -0.05) is 29.3 Å². The summed E-state index contributed by atoms with van der Waals surface area (Å²) in [6.07, 6.45) is -0.856. The number of benzene rings is 2. The third-order valence-electron chi connectivity index (χ3n) is 3.79. The zero-order valence-electron chi connectivity index (χ0n) is 16.1. The molecule has 158 valence electrons. The standard InChI is InChI=1S/C19H22Cl2N2O5S/c1-12(11-27-3)23-29(25,26)15-9-7-14(8-10-15)22-19(24)13(2)28-17-6-4-5-16(20)18(17)21/h4-10,12-13,23H,11H2,1-3H3,(H,22,24). The topological polar surface area (TPSA) is 93.7 Å². The van der Waals surface area contributed by atoms with Crippen LogP contribution in [-0.2, 0) is 19.6 Å². The van der Waals surface area contributed by atoms with E-state index in [0.29, 0.717) is 16.5 Å². The molecule has 0 saturated heterocycles.